The molecule has 24 heavy (non-hydrogen) atoms. The monoisotopic (exact) mass is 368 g/mol. The Morgan fingerprint density at radius 3 is 2.67 bits per heavy atom. The summed E-state index contributed by atoms with van der Waals surface area (Å²) in [5.41, 5.74) is 0. The molecular formula is C17H28N4OS2. The van der Waals surface area contributed by atoms with E-state index in [0.29, 0.717) is 23.8 Å². The minimum atomic E-state index is 0.121. The first kappa shape index (κ1) is 18.0. The molecule has 0 aliphatic heterocycles. The molecule has 0 aromatic carbocycles. The van der Waals surface area contributed by atoms with Gasteiger partial charge >= 0.3 is 0 Å². The summed E-state index contributed by atoms with van der Waals surface area (Å²) >= 11 is 3.06. The molecule has 2 atom stereocenters. The summed E-state index contributed by atoms with van der Waals surface area (Å²) in [6, 6.07) is 0.894. The van der Waals surface area contributed by atoms with E-state index in [2.05, 4.69) is 27.8 Å². The van der Waals surface area contributed by atoms with Gasteiger partial charge in [0, 0.05) is 12.1 Å². The molecule has 0 saturated heterocycles. The fourth-order valence-electron chi connectivity index (χ4n) is 3.65. The second-order valence-electron chi connectivity index (χ2n) is 7.08. The van der Waals surface area contributed by atoms with Gasteiger partial charge in [-0.2, -0.15) is 0 Å². The number of nitrogens with one attached hydrogen (secondary N) is 2. The zero-order valence-electron chi connectivity index (χ0n) is 14.4. The van der Waals surface area contributed by atoms with Gasteiger partial charge in [-0.25, -0.2) is 0 Å². The van der Waals surface area contributed by atoms with E-state index in [1.807, 2.05) is 0 Å². The van der Waals surface area contributed by atoms with Crippen molar-refractivity contribution < 1.29 is 4.79 Å². The summed E-state index contributed by atoms with van der Waals surface area (Å²) < 4.78 is 0.875. The van der Waals surface area contributed by atoms with Crippen molar-refractivity contribution in [3.63, 3.8) is 0 Å². The van der Waals surface area contributed by atoms with Crippen molar-refractivity contribution >= 4 is 34.1 Å². The Morgan fingerprint density at radius 1 is 1.12 bits per heavy atom. The third-order valence-electron chi connectivity index (χ3n) is 5.12. The van der Waals surface area contributed by atoms with E-state index in [1.165, 1.54) is 63.1 Å². The molecule has 3 rings (SSSR count). The Labute approximate surface area is 152 Å². The second-order valence-corrected chi connectivity index (χ2v) is 9.28. The first-order chi connectivity index (χ1) is 11.7. The van der Waals surface area contributed by atoms with Crippen LogP contribution in [0.25, 0.3) is 0 Å². The van der Waals surface area contributed by atoms with Gasteiger partial charge in [-0.3, -0.25) is 4.79 Å². The van der Waals surface area contributed by atoms with Gasteiger partial charge in [-0.1, -0.05) is 62.1 Å². The molecule has 2 N–H and O–H groups in total. The molecule has 1 amide bonds. The molecule has 5 nitrogen and oxygen atoms in total. The molecule has 7 heteroatoms. The van der Waals surface area contributed by atoms with E-state index in [1.54, 1.807) is 11.3 Å². The predicted molar refractivity (Wildman–Crippen MR) is 101 cm³/mol. The normalized spacial score (nSPS) is 25.4. The second kappa shape index (κ2) is 9.04. The number of amides is 1. The number of nitrogens with zero attached hydrogens (tertiary/aromatic N) is 2. The molecule has 0 spiro atoms. The van der Waals surface area contributed by atoms with Crippen molar-refractivity contribution in [2.45, 2.75) is 81.1 Å². The van der Waals surface area contributed by atoms with Crippen LogP contribution in [0, 0.1) is 5.92 Å². The van der Waals surface area contributed by atoms with Crippen molar-refractivity contribution in [2.75, 3.05) is 11.1 Å². The standard InChI is InChI=1S/C17H28N4OS2/c1-12-7-5-6-10-14(12)19-15(22)11-23-17-21-20-16(24-17)18-13-8-3-2-4-9-13/h12-14H,2-11H2,1H3,(H,18,20)(H,19,22)/t12-,14+/m0/s1. The SMILES string of the molecule is C[C@H]1CCCC[C@H]1NC(=O)CSc1nnc(NC2CCCCC2)s1. The smallest absolute Gasteiger partial charge is 0.230 e. The van der Waals surface area contributed by atoms with Crippen LogP contribution >= 0.6 is 23.1 Å². The van der Waals surface area contributed by atoms with Gasteiger partial charge in [0.25, 0.3) is 0 Å². The maximum absolute atomic E-state index is 12.2. The van der Waals surface area contributed by atoms with E-state index in [0.717, 1.165) is 15.9 Å². The van der Waals surface area contributed by atoms with Gasteiger partial charge in [0.1, 0.15) is 0 Å². The zero-order chi connectivity index (χ0) is 16.8. The van der Waals surface area contributed by atoms with Crippen LogP contribution in [-0.2, 0) is 4.79 Å². The molecule has 2 aliphatic carbocycles. The van der Waals surface area contributed by atoms with Crippen molar-refractivity contribution in [3.05, 3.63) is 0 Å². The molecule has 1 aromatic rings. The highest BCUT2D eigenvalue weighted by molar-refractivity contribution is 8.01. The minimum absolute atomic E-state index is 0.121. The third-order valence-corrected chi connectivity index (χ3v) is 7.11. The molecule has 1 aromatic heterocycles. The molecule has 134 valence electrons. The summed E-state index contributed by atoms with van der Waals surface area (Å²) in [7, 11) is 0. The number of carbonyl (C=O) groups is 1. The van der Waals surface area contributed by atoms with Crippen molar-refractivity contribution in [1.29, 1.82) is 0 Å². The molecule has 0 unspecified atom stereocenters. The highest BCUT2D eigenvalue weighted by atomic mass is 32.2. The summed E-state index contributed by atoms with van der Waals surface area (Å²) in [5, 5.41) is 16.0. The Balaban J connectivity index is 1.40. The molecule has 2 aliphatic rings. The van der Waals surface area contributed by atoms with Crippen molar-refractivity contribution in [1.82, 2.24) is 15.5 Å². The van der Waals surface area contributed by atoms with Crippen molar-refractivity contribution in [3.8, 4) is 0 Å². The van der Waals surface area contributed by atoms with Crippen LogP contribution in [0.5, 0.6) is 0 Å². The molecule has 0 radical (unpaired) electrons. The number of carbonyl (C=O) groups excluding carboxylic acids is 1. The average Bonchev–Trinajstić information content (AvgIpc) is 3.03. The number of hydrogen-bond acceptors (Lipinski definition) is 6. The van der Waals surface area contributed by atoms with Crippen LogP contribution in [0.4, 0.5) is 5.13 Å². The zero-order valence-corrected chi connectivity index (χ0v) is 16.1. The summed E-state index contributed by atoms with van der Waals surface area (Å²) in [4.78, 5) is 12.2. The summed E-state index contributed by atoms with van der Waals surface area (Å²) in [6.07, 6.45) is 11.3. The fourth-order valence-corrected chi connectivity index (χ4v) is 5.29. The van der Waals surface area contributed by atoms with E-state index in [4.69, 9.17) is 0 Å². The topological polar surface area (TPSA) is 66.9 Å². The maximum Gasteiger partial charge on any atom is 0.230 e. The lowest BCUT2D eigenvalue weighted by Crippen LogP contribution is -2.41. The van der Waals surface area contributed by atoms with Crippen LogP contribution in [0.15, 0.2) is 4.34 Å². The third kappa shape index (κ3) is 5.34. The molecule has 0 bridgehead atoms. The van der Waals surface area contributed by atoms with Gasteiger partial charge in [0.05, 0.1) is 5.75 Å². The predicted octanol–water partition coefficient (Wildman–Crippen LogP) is 4.07. The quantitative estimate of drug-likeness (QED) is 0.741. The lowest BCUT2D eigenvalue weighted by molar-refractivity contribution is -0.119. The first-order valence-corrected chi connectivity index (χ1v) is 11.0. The van der Waals surface area contributed by atoms with Gasteiger partial charge in [0.15, 0.2) is 4.34 Å². The Morgan fingerprint density at radius 2 is 1.88 bits per heavy atom. The minimum Gasteiger partial charge on any atom is -0.357 e. The lowest BCUT2D eigenvalue weighted by Gasteiger charge is -2.29. The molecular weight excluding hydrogens is 340 g/mol. The Hall–Kier alpha value is -0.820. The fraction of sp³-hybridized carbons (Fsp3) is 0.824. The Bertz CT molecular complexity index is 530. The van der Waals surface area contributed by atoms with Crippen molar-refractivity contribution in [2.24, 2.45) is 5.92 Å². The average molecular weight is 369 g/mol. The van der Waals surface area contributed by atoms with Gasteiger partial charge < -0.3 is 10.6 Å². The van der Waals surface area contributed by atoms with Crippen LogP contribution < -0.4 is 10.6 Å². The summed E-state index contributed by atoms with van der Waals surface area (Å²) in [6.45, 7) is 2.24. The van der Waals surface area contributed by atoms with Gasteiger partial charge in [-0.15, -0.1) is 10.2 Å². The molecule has 1 heterocycles. The maximum atomic E-state index is 12.2. The molecule has 2 saturated carbocycles. The van der Waals surface area contributed by atoms with E-state index in [-0.39, 0.29) is 5.91 Å². The van der Waals surface area contributed by atoms with Crippen LogP contribution in [0.1, 0.15) is 64.7 Å². The van der Waals surface area contributed by atoms with Crippen LogP contribution in [-0.4, -0.2) is 33.9 Å². The number of rotatable bonds is 6. The lowest BCUT2D eigenvalue weighted by atomic mass is 9.86. The van der Waals surface area contributed by atoms with Gasteiger partial charge in [0.2, 0.25) is 11.0 Å². The largest absolute Gasteiger partial charge is 0.357 e. The highest BCUT2D eigenvalue weighted by Gasteiger charge is 2.23. The van der Waals surface area contributed by atoms with E-state index < -0.39 is 0 Å². The van der Waals surface area contributed by atoms with E-state index in [9.17, 15) is 4.79 Å². The van der Waals surface area contributed by atoms with Crippen LogP contribution in [0.3, 0.4) is 0 Å². The Kier molecular flexibility index (Phi) is 6.77. The molecule has 2 fully saturated rings. The summed E-state index contributed by atoms with van der Waals surface area (Å²) in [5.74, 6) is 1.15. The number of hydrogen-bond donors (Lipinski definition) is 2. The van der Waals surface area contributed by atoms with Gasteiger partial charge in [-0.05, 0) is 31.6 Å². The highest BCUT2D eigenvalue weighted by Crippen LogP contribution is 2.28. The van der Waals surface area contributed by atoms with Crippen LogP contribution in [0.2, 0.25) is 0 Å². The first-order valence-electron chi connectivity index (χ1n) is 9.23. The number of anilines is 1. The number of aromatic nitrogens is 2. The van der Waals surface area contributed by atoms with E-state index >= 15 is 0 Å². The number of thioether (sulfide) groups is 1.